The van der Waals surface area contributed by atoms with Crippen LogP contribution in [0, 0.1) is 30.1 Å². The standard InChI is InChI=1S/C16H24N4/c1-10-2-14(17)20-15(19-10)18-9-16-6-11-3-12(7-16)5-13(4-11)8-16/h2,11-13H,3-9H2,1H3,(H3,17,18,19,20). The molecule has 5 rings (SSSR count). The van der Waals surface area contributed by atoms with Gasteiger partial charge in [0.05, 0.1) is 0 Å². The van der Waals surface area contributed by atoms with E-state index < -0.39 is 0 Å². The molecule has 0 unspecified atom stereocenters. The van der Waals surface area contributed by atoms with Crippen LogP contribution in [0.4, 0.5) is 11.8 Å². The number of nitrogen functional groups attached to an aromatic ring is 1. The Labute approximate surface area is 120 Å². The molecule has 0 spiro atoms. The third kappa shape index (κ3) is 2.15. The zero-order chi connectivity index (χ0) is 13.7. The third-order valence-electron chi connectivity index (χ3n) is 5.66. The smallest absolute Gasteiger partial charge is 0.224 e. The van der Waals surface area contributed by atoms with Crippen molar-refractivity contribution in [2.75, 3.05) is 17.6 Å². The Morgan fingerprint density at radius 2 is 1.75 bits per heavy atom. The molecular weight excluding hydrogens is 248 g/mol. The van der Waals surface area contributed by atoms with Crippen molar-refractivity contribution in [2.24, 2.45) is 23.2 Å². The second-order valence-corrected chi connectivity index (χ2v) is 7.53. The summed E-state index contributed by atoms with van der Waals surface area (Å²) in [4.78, 5) is 8.76. The second kappa shape index (κ2) is 4.34. The van der Waals surface area contributed by atoms with Crippen molar-refractivity contribution >= 4 is 11.8 Å². The molecule has 1 aromatic rings. The van der Waals surface area contributed by atoms with Gasteiger partial charge in [0, 0.05) is 18.3 Å². The van der Waals surface area contributed by atoms with Crippen LogP contribution < -0.4 is 11.1 Å². The van der Waals surface area contributed by atoms with Gasteiger partial charge in [-0.3, -0.25) is 0 Å². The maximum Gasteiger partial charge on any atom is 0.224 e. The van der Waals surface area contributed by atoms with Gasteiger partial charge in [-0.25, -0.2) is 4.98 Å². The van der Waals surface area contributed by atoms with Crippen LogP contribution in [-0.4, -0.2) is 16.5 Å². The first-order chi connectivity index (χ1) is 9.60. The number of rotatable bonds is 3. The Hall–Kier alpha value is -1.32. The normalized spacial score (nSPS) is 38.1. The SMILES string of the molecule is Cc1cc(N)nc(NCC23CC4CC(CC(C4)C2)C3)n1. The highest BCUT2D eigenvalue weighted by atomic mass is 15.1. The molecule has 0 aromatic carbocycles. The predicted octanol–water partition coefficient (Wildman–Crippen LogP) is 3.00. The number of nitrogens with one attached hydrogen (secondary N) is 1. The predicted molar refractivity (Wildman–Crippen MR) is 80.3 cm³/mol. The molecule has 0 saturated heterocycles. The molecule has 0 radical (unpaired) electrons. The van der Waals surface area contributed by atoms with Crippen LogP contribution in [0.25, 0.3) is 0 Å². The molecule has 0 atom stereocenters. The van der Waals surface area contributed by atoms with Crippen LogP contribution in [0.3, 0.4) is 0 Å². The van der Waals surface area contributed by atoms with Gasteiger partial charge in [0.1, 0.15) is 5.82 Å². The molecule has 4 heteroatoms. The molecular formula is C16H24N4. The van der Waals surface area contributed by atoms with Crippen molar-refractivity contribution in [3.8, 4) is 0 Å². The van der Waals surface area contributed by atoms with Crippen molar-refractivity contribution in [1.29, 1.82) is 0 Å². The summed E-state index contributed by atoms with van der Waals surface area (Å²) < 4.78 is 0. The number of aryl methyl sites for hydroxylation is 1. The number of hydrogen-bond acceptors (Lipinski definition) is 4. The molecule has 1 heterocycles. The van der Waals surface area contributed by atoms with Crippen LogP contribution in [0.5, 0.6) is 0 Å². The van der Waals surface area contributed by atoms with Crippen molar-refractivity contribution in [3.63, 3.8) is 0 Å². The van der Waals surface area contributed by atoms with Gasteiger partial charge >= 0.3 is 0 Å². The highest BCUT2D eigenvalue weighted by Gasteiger charge is 2.50. The summed E-state index contributed by atoms with van der Waals surface area (Å²) in [6.07, 6.45) is 8.71. The Morgan fingerprint density at radius 1 is 1.15 bits per heavy atom. The third-order valence-corrected chi connectivity index (χ3v) is 5.66. The molecule has 0 amide bonds. The number of anilines is 2. The zero-order valence-electron chi connectivity index (χ0n) is 12.2. The number of nitrogens with zero attached hydrogens (tertiary/aromatic N) is 2. The number of hydrogen-bond donors (Lipinski definition) is 2. The van der Waals surface area contributed by atoms with E-state index in [2.05, 4.69) is 15.3 Å². The lowest BCUT2D eigenvalue weighted by atomic mass is 9.49. The topological polar surface area (TPSA) is 63.8 Å². The molecule has 4 fully saturated rings. The van der Waals surface area contributed by atoms with Gasteiger partial charge in [0.25, 0.3) is 0 Å². The molecule has 3 N–H and O–H groups in total. The zero-order valence-corrected chi connectivity index (χ0v) is 12.2. The second-order valence-electron chi connectivity index (χ2n) is 7.53. The summed E-state index contributed by atoms with van der Waals surface area (Å²) in [5.74, 6) is 4.24. The molecule has 1 aromatic heterocycles. The fraction of sp³-hybridized carbons (Fsp3) is 0.750. The van der Waals surface area contributed by atoms with Gasteiger partial charge in [-0.2, -0.15) is 4.98 Å². The van der Waals surface area contributed by atoms with E-state index in [1.807, 2.05) is 13.0 Å². The maximum atomic E-state index is 5.80. The van der Waals surface area contributed by atoms with E-state index >= 15 is 0 Å². The summed E-state index contributed by atoms with van der Waals surface area (Å²) in [7, 11) is 0. The van der Waals surface area contributed by atoms with E-state index in [9.17, 15) is 0 Å². The van der Waals surface area contributed by atoms with Crippen LogP contribution >= 0.6 is 0 Å². The minimum Gasteiger partial charge on any atom is -0.384 e. The van der Waals surface area contributed by atoms with Crippen molar-refractivity contribution < 1.29 is 0 Å². The number of nitrogens with two attached hydrogens (primary N) is 1. The van der Waals surface area contributed by atoms with E-state index in [-0.39, 0.29) is 0 Å². The quantitative estimate of drug-likeness (QED) is 0.888. The summed E-state index contributed by atoms with van der Waals surface area (Å²) in [6, 6.07) is 1.82. The van der Waals surface area contributed by atoms with Gasteiger partial charge in [0.15, 0.2) is 0 Å². The summed E-state index contributed by atoms with van der Waals surface area (Å²) in [6.45, 7) is 2.99. The van der Waals surface area contributed by atoms with Gasteiger partial charge in [0.2, 0.25) is 5.95 Å². The first kappa shape index (κ1) is 12.4. The molecule has 20 heavy (non-hydrogen) atoms. The van der Waals surface area contributed by atoms with Crippen LogP contribution in [-0.2, 0) is 0 Å². The van der Waals surface area contributed by atoms with E-state index in [4.69, 9.17) is 5.73 Å². The van der Waals surface area contributed by atoms with Crippen molar-refractivity contribution in [1.82, 2.24) is 9.97 Å². The molecule has 4 aliphatic rings. The summed E-state index contributed by atoms with van der Waals surface area (Å²) in [5.41, 5.74) is 7.25. The highest BCUT2D eigenvalue weighted by molar-refractivity contribution is 5.38. The van der Waals surface area contributed by atoms with Gasteiger partial charge < -0.3 is 11.1 Å². The van der Waals surface area contributed by atoms with Gasteiger partial charge in [-0.05, 0) is 68.6 Å². The molecule has 4 nitrogen and oxygen atoms in total. The van der Waals surface area contributed by atoms with Crippen molar-refractivity contribution in [2.45, 2.75) is 45.4 Å². The lowest BCUT2D eigenvalue weighted by Gasteiger charge is -2.56. The Balaban J connectivity index is 1.49. The van der Waals surface area contributed by atoms with Gasteiger partial charge in [-0.1, -0.05) is 0 Å². The van der Waals surface area contributed by atoms with Gasteiger partial charge in [-0.15, -0.1) is 0 Å². The average molecular weight is 272 g/mol. The van der Waals surface area contributed by atoms with Crippen LogP contribution in [0.15, 0.2) is 6.07 Å². The Bertz CT molecular complexity index is 470. The van der Waals surface area contributed by atoms with Crippen LogP contribution in [0.2, 0.25) is 0 Å². The molecule has 0 aliphatic heterocycles. The fourth-order valence-corrected chi connectivity index (χ4v) is 5.45. The summed E-state index contributed by atoms with van der Waals surface area (Å²) >= 11 is 0. The lowest BCUT2D eigenvalue weighted by Crippen LogP contribution is -2.49. The van der Waals surface area contributed by atoms with E-state index in [0.717, 1.165) is 30.0 Å². The maximum absolute atomic E-state index is 5.80. The first-order valence-corrected chi connectivity index (χ1v) is 7.95. The highest BCUT2D eigenvalue weighted by Crippen LogP contribution is 2.59. The average Bonchev–Trinajstić information content (AvgIpc) is 2.34. The van der Waals surface area contributed by atoms with Crippen LogP contribution in [0.1, 0.15) is 44.2 Å². The molecule has 108 valence electrons. The molecule has 4 saturated carbocycles. The fourth-order valence-electron chi connectivity index (χ4n) is 5.45. The minimum absolute atomic E-state index is 0.511. The monoisotopic (exact) mass is 272 g/mol. The lowest BCUT2D eigenvalue weighted by molar-refractivity contribution is -0.0445. The molecule has 4 bridgehead atoms. The summed E-state index contributed by atoms with van der Waals surface area (Å²) in [5, 5.41) is 3.48. The molecule has 4 aliphatic carbocycles. The minimum atomic E-state index is 0.511. The van der Waals surface area contributed by atoms with E-state index in [1.165, 1.54) is 38.5 Å². The Kier molecular flexibility index (Phi) is 2.69. The van der Waals surface area contributed by atoms with Crippen molar-refractivity contribution in [3.05, 3.63) is 11.8 Å². The number of aromatic nitrogens is 2. The van der Waals surface area contributed by atoms with E-state index in [0.29, 0.717) is 17.2 Å². The Morgan fingerprint density at radius 3 is 2.30 bits per heavy atom. The van der Waals surface area contributed by atoms with E-state index in [1.54, 1.807) is 0 Å². The largest absolute Gasteiger partial charge is 0.384 e. The first-order valence-electron chi connectivity index (χ1n) is 7.95.